The zero-order valence-electron chi connectivity index (χ0n) is 15.1. The summed E-state index contributed by atoms with van der Waals surface area (Å²) in [4.78, 5) is 38.9. The molecular weight excluding hydrogens is 374 g/mol. The lowest BCUT2D eigenvalue weighted by Gasteiger charge is -2.35. The minimum Gasteiger partial charge on any atom is -0.481 e. The Bertz CT molecular complexity index is 912. The summed E-state index contributed by atoms with van der Waals surface area (Å²) in [6.07, 6.45) is 0.909. The Labute approximate surface area is 159 Å². The summed E-state index contributed by atoms with van der Waals surface area (Å²) < 4.78 is 32.8. The normalized spacial score (nSPS) is 14.2. The molecule has 0 saturated carbocycles. The van der Waals surface area contributed by atoms with E-state index in [-0.39, 0.29) is 37.5 Å². The van der Waals surface area contributed by atoms with Gasteiger partial charge in [0.1, 0.15) is 29.4 Å². The lowest BCUT2D eigenvalue weighted by Crippen LogP contribution is -2.51. The molecule has 28 heavy (non-hydrogen) atoms. The van der Waals surface area contributed by atoms with E-state index in [2.05, 4.69) is 0 Å². The van der Waals surface area contributed by atoms with E-state index in [1.807, 2.05) is 0 Å². The Morgan fingerprint density at radius 2 is 1.50 bits per heavy atom. The number of hydrogen-bond donors (Lipinski definition) is 1. The Kier molecular flexibility index (Phi) is 5.43. The molecule has 0 atom stereocenters. The molecule has 2 heterocycles. The van der Waals surface area contributed by atoms with Gasteiger partial charge in [-0.2, -0.15) is 0 Å². The van der Waals surface area contributed by atoms with Gasteiger partial charge < -0.3 is 19.3 Å². The van der Waals surface area contributed by atoms with E-state index in [0.717, 1.165) is 12.1 Å². The quantitative estimate of drug-likeness (QED) is 0.861. The van der Waals surface area contributed by atoms with E-state index in [1.165, 1.54) is 22.1 Å². The number of rotatable bonds is 4. The van der Waals surface area contributed by atoms with Gasteiger partial charge in [0.05, 0.1) is 11.8 Å². The van der Waals surface area contributed by atoms with Crippen molar-refractivity contribution in [3.05, 3.63) is 58.5 Å². The van der Waals surface area contributed by atoms with Crippen LogP contribution in [0.2, 0.25) is 0 Å². The zero-order chi connectivity index (χ0) is 20.4. The first-order valence-electron chi connectivity index (χ1n) is 8.61. The summed E-state index contributed by atoms with van der Waals surface area (Å²) in [7, 11) is 0. The van der Waals surface area contributed by atoms with E-state index in [9.17, 15) is 23.2 Å². The Morgan fingerprint density at radius 3 is 2.00 bits per heavy atom. The van der Waals surface area contributed by atoms with Gasteiger partial charge in [-0.1, -0.05) is 6.07 Å². The number of carboxylic acids is 1. The highest BCUT2D eigenvalue weighted by Gasteiger charge is 2.31. The monoisotopic (exact) mass is 392 g/mol. The number of amides is 2. The van der Waals surface area contributed by atoms with Gasteiger partial charge in [-0.3, -0.25) is 14.4 Å². The van der Waals surface area contributed by atoms with E-state index in [1.54, 1.807) is 6.92 Å². The van der Waals surface area contributed by atoms with E-state index in [4.69, 9.17) is 9.52 Å². The summed E-state index contributed by atoms with van der Waals surface area (Å²) in [5.41, 5.74) is 0.104. The molecule has 1 N–H and O–H groups in total. The molecule has 0 unspecified atom stereocenters. The van der Waals surface area contributed by atoms with Gasteiger partial charge in [0.25, 0.3) is 11.8 Å². The summed E-state index contributed by atoms with van der Waals surface area (Å²) in [5.74, 6) is -4.08. The van der Waals surface area contributed by atoms with Gasteiger partial charge in [0.2, 0.25) is 0 Å². The van der Waals surface area contributed by atoms with Gasteiger partial charge in [-0.15, -0.1) is 0 Å². The Balaban J connectivity index is 1.71. The third-order valence-electron chi connectivity index (χ3n) is 4.61. The molecule has 1 aromatic heterocycles. The van der Waals surface area contributed by atoms with Crippen LogP contribution in [0, 0.1) is 18.6 Å². The second kappa shape index (κ2) is 7.79. The standard InChI is InChI=1S/C19H18F2N2O5/c1-11-10-28-14(9-15(24)25)16(11)18(26)22-5-7-23(8-6-22)19(27)17-12(20)3-2-4-13(17)21/h2-4,10H,5-9H2,1H3,(H,24,25). The third kappa shape index (κ3) is 3.73. The van der Waals surface area contributed by atoms with Crippen molar-refractivity contribution in [1.29, 1.82) is 0 Å². The number of carbonyl (C=O) groups excluding carboxylic acids is 2. The van der Waals surface area contributed by atoms with Crippen molar-refractivity contribution in [3.63, 3.8) is 0 Å². The van der Waals surface area contributed by atoms with Gasteiger partial charge in [0.15, 0.2) is 0 Å². The number of carbonyl (C=O) groups is 3. The van der Waals surface area contributed by atoms with Crippen LogP contribution in [0.5, 0.6) is 0 Å². The number of hydrogen-bond acceptors (Lipinski definition) is 4. The molecule has 1 aliphatic heterocycles. The van der Waals surface area contributed by atoms with Crippen molar-refractivity contribution in [1.82, 2.24) is 9.80 Å². The van der Waals surface area contributed by atoms with Crippen LogP contribution >= 0.6 is 0 Å². The molecule has 2 amide bonds. The van der Waals surface area contributed by atoms with Crippen LogP contribution in [-0.4, -0.2) is 58.9 Å². The van der Waals surface area contributed by atoms with Crippen LogP contribution in [0.1, 0.15) is 32.0 Å². The van der Waals surface area contributed by atoms with Crippen molar-refractivity contribution in [2.75, 3.05) is 26.2 Å². The van der Waals surface area contributed by atoms with Crippen molar-refractivity contribution < 1.29 is 32.7 Å². The minimum atomic E-state index is -1.12. The maximum Gasteiger partial charge on any atom is 0.311 e. The van der Waals surface area contributed by atoms with E-state index in [0.29, 0.717) is 5.56 Å². The van der Waals surface area contributed by atoms with Crippen LogP contribution in [0.25, 0.3) is 0 Å². The van der Waals surface area contributed by atoms with E-state index >= 15 is 0 Å². The molecule has 2 aromatic rings. The highest BCUT2D eigenvalue weighted by molar-refractivity contribution is 5.98. The van der Waals surface area contributed by atoms with Gasteiger partial charge >= 0.3 is 5.97 Å². The van der Waals surface area contributed by atoms with Crippen LogP contribution in [0.15, 0.2) is 28.9 Å². The molecule has 0 bridgehead atoms. The van der Waals surface area contributed by atoms with Crippen LogP contribution < -0.4 is 0 Å². The molecule has 1 aliphatic rings. The smallest absolute Gasteiger partial charge is 0.311 e. The maximum absolute atomic E-state index is 13.8. The average molecular weight is 392 g/mol. The minimum absolute atomic E-state index is 0.0712. The van der Waals surface area contributed by atoms with Gasteiger partial charge in [-0.05, 0) is 19.1 Å². The number of halogens is 2. The zero-order valence-corrected chi connectivity index (χ0v) is 15.1. The van der Waals surface area contributed by atoms with E-state index < -0.39 is 41.4 Å². The first-order chi connectivity index (χ1) is 13.3. The average Bonchev–Trinajstić information content (AvgIpc) is 3.00. The second-order valence-electron chi connectivity index (χ2n) is 6.47. The fourth-order valence-electron chi connectivity index (χ4n) is 3.18. The summed E-state index contributed by atoms with van der Waals surface area (Å²) in [6.45, 7) is 2.14. The number of nitrogens with zero attached hydrogens (tertiary/aromatic N) is 2. The van der Waals surface area contributed by atoms with Gasteiger partial charge in [0, 0.05) is 31.7 Å². The predicted octanol–water partition coefficient (Wildman–Crippen LogP) is 2.09. The fraction of sp³-hybridized carbons (Fsp3) is 0.316. The number of aliphatic carboxylic acids is 1. The first-order valence-corrected chi connectivity index (χ1v) is 8.61. The summed E-state index contributed by atoms with van der Waals surface area (Å²) in [6, 6.07) is 3.21. The molecule has 1 saturated heterocycles. The second-order valence-corrected chi connectivity index (χ2v) is 6.47. The lowest BCUT2D eigenvalue weighted by molar-refractivity contribution is -0.136. The predicted molar refractivity (Wildman–Crippen MR) is 92.9 cm³/mol. The molecule has 0 radical (unpaired) electrons. The van der Waals surface area contributed by atoms with Crippen molar-refractivity contribution in [2.24, 2.45) is 0 Å². The van der Waals surface area contributed by atoms with Crippen molar-refractivity contribution in [3.8, 4) is 0 Å². The molecule has 3 rings (SSSR count). The highest BCUT2D eigenvalue weighted by Crippen LogP contribution is 2.21. The van der Waals surface area contributed by atoms with Crippen molar-refractivity contribution >= 4 is 17.8 Å². The molecule has 1 aromatic carbocycles. The number of aryl methyl sites for hydroxylation is 1. The number of piperazine rings is 1. The third-order valence-corrected chi connectivity index (χ3v) is 4.61. The largest absolute Gasteiger partial charge is 0.481 e. The molecule has 1 fully saturated rings. The first kappa shape index (κ1) is 19.5. The molecule has 9 heteroatoms. The highest BCUT2D eigenvalue weighted by atomic mass is 19.1. The van der Waals surface area contributed by atoms with Crippen LogP contribution in [-0.2, 0) is 11.2 Å². The lowest BCUT2D eigenvalue weighted by atomic mass is 10.1. The summed E-state index contributed by atoms with van der Waals surface area (Å²) in [5, 5.41) is 8.95. The Hall–Kier alpha value is -3.23. The SMILES string of the molecule is Cc1coc(CC(=O)O)c1C(=O)N1CCN(C(=O)c2c(F)cccc2F)CC1. The molecule has 0 spiro atoms. The van der Waals surface area contributed by atoms with Crippen LogP contribution in [0.3, 0.4) is 0 Å². The fourth-order valence-corrected chi connectivity index (χ4v) is 3.18. The molecule has 0 aliphatic carbocycles. The molecular formula is C19H18F2N2O5. The topological polar surface area (TPSA) is 91.1 Å². The summed E-state index contributed by atoms with van der Waals surface area (Å²) >= 11 is 0. The number of benzene rings is 1. The van der Waals surface area contributed by atoms with Crippen LogP contribution in [0.4, 0.5) is 8.78 Å². The van der Waals surface area contributed by atoms with Gasteiger partial charge in [-0.25, -0.2) is 8.78 Å². The molecule has 7 nitrogen and oxygen atoms in total. The Morgan fingerprint density at radius 1 is 1.00 bits per heavy atom. The number of furan rings is 1. The molecule has 148 valence electrons. The maximum atomic E-state index is 13.8. The van der Waals surface area contributed by atoms with Crippen molar-refractivity contribution in [2.45, 2.75) is 13.3 Å². The number of carboxylic acid groups (broad SMARTS) is 1.